The first-order chi connectivity index (χ1) is 4.50. The third kappa shape index (κ3) is 2.80. The zero-order valence-corrected chi connectivity index (χ0v) is 5.87. The summed E-state index contributed by atoms with van der Waals surface area (Å²) < 4.78 is 0. The van der Waals surface area contributed by atoms with Crippen molar-refractivity contribution in [2.24, 2.45) is 0 Å². The molecule has 0 bridgehead atoms. The zero-order chi connectivity index (χ0) is 8.20. The van der Waals surface area contributed by atoms with Crippen LogP contribution in [0.3, 0.4) is 0 Å². The summed E-state index contributed by atoms with van der Waals surface area (Å²) in [5.74, 6) is -1.25. The van der Waals surface area contributed by atoms with Crippen LogP contribution in [0.4, 0.5) is 0 Å². The molecule has 3 N–H and O–H groups in total. The SMILES string of the molecule is CC(O)(CCCO)C(=O)O. The maximum absolute atomic E-state index is 10.2. The van der Waals surface area contributed by atoms with Gasteiger partial charge in [0.25, 0.3) is 0 Å². The lowest BCUT2D eigenvalue weighted by Gasteiger charge is -2.16. The van der Waals surface area contributed by atoms with Crippen LogP contribution < -0.4 is 0 Å². The van der Waals surface area contributed by atoms with E-state index in [4.69, 9.17) is 15.3 Å². The van der Waals surface area contributed by atoms with Gasteiger partial charge in [-0.05, 0) is 19.8 Å². The molecule has 1 atom stereocenters. The molecule has 0 aliphatic carbocycles. The minimum atomic E-state index is -1.69. The second-order valence-electron chi connectivity index (χ2n) is 2.41. The Balaban J connectivity index is 3.75. The van der Waals surface area contributed by atoms with E-state index in [9.17, 15) is 4.79 Å². The second kappa shape index (κ2) is 3.53. The third-order valence-corrected chi connectivity index (χ3v) is 1.28. The van der Waals surface area contributed by atoms with Crippen LogP contribution in [-0.4, -0.2) is 33.5 Å². The van der Waals surface area contributed by atoms with Gasteiger partial charge in [0.2, 0.25) is 0 Å². The van der Waals surface area contributed by atoms with Crippen LogP contribution in [0.25, 0.3) is 0 Å². The molecule has 0 heterocycles. The summed E-state index contributed by atoms with van der Waals surface area (Å²) in [4.78, 5) is 10.2. The van der Waals surface area contributed by atoms with Gasteiger partial charge in [0.05, 0.1) is 0 Å². The van der Waals surface area contributed by atoms with E-state index >= 15 is 0 Å². The predicted octanol–water partition coefficient (Wildman–Crippen LogP) is -0.406. The molecule has 0 aromatic carbocycles. The van der Waals surface area contributed by atoms with Crippen molar-refractivity contribution in [3.8, 4) is 0 Å². The molecule has 0 radical (unpaired) electrons. The molecule has 0 aromatic heterocycles. The van der Waals surface area contributed by atoms with Gasteiger partial charge in [-0.2, -0.15) is 0 Å². The topological polar surface area (TPSA) is 77.8 Å². The Morgan fingerprint density at radius 1 is 1.60 bits per heavy atom. The fourth-order valence-electron chi connectivity index (χ4n) is 0.530. The maximum atomic E-state index is 10.2. The smallest absolute Gasteiger partial charge is 0.335 e. The zero-order valence-electron chi connectivity index (χ0n) is 5.87. The van der Waals surface area contributed by atoms with Crippen LogP contribution in [0.5, 0.6) is 0 Å². The molecule has 0 saturated heterocycles. The molecule has 10 heavy (non-hydrogen) atoms. The Morgan fingerprint density at radius 3 is 2.40 bits per heavy atom. The predicted molar refractivity (Wildman–Crippen MR) is 34.6 cm³/mol. The molecule has 0 fully saturated rings. The number of hydrogen-bond donors (Lipinski definition) is 3. The number of carbonyl (C=O) groups is 1. The number of rotatable bonds is 4. The van der Waals surface area contributed by atoms with Crippen molar-refractivity contribution >= 4 is 5.97 Å². The highest BCUT2D eigenvalue weighted by Crippen LogP contribution is 2.10. The number of aliphatic carboxylic acids is 1. The minimum absolute atomic E-state index is 0.0822. The van der Waals surface area contributed by atoms with Crippen LogP contribution in [0, 0.1) is 0 Å². The average Bonchev–Trinajstić information content (AvgIpc) is 1.84. The Bertz CT molecular complexity index is 119. The summed E-state index contributed by atoms with van der Waals surface area (Å²) in [6.07, 6.45) is 0.387. The van der Waals surface area contributed by atoms with Crippen LogP contribution in [0.1, 0.15) is 19.8 Å². The highest BCUT2D eigenvalue weighted by Gasteiger charge is 2.28. The highest BCUT2D eigenvalue weighted by molar-refractivity contribution is 5.76. The summed E-state index contributed by atoms with van der Waals surface area (Å²) in [5.41, 5.74) is -1.69. The Labute approximate surface area is 59.1 Å². The first kappa shape index (κ1) is 9.39. The van der Waals surface area contributed by atoms with Crippen molar-refractivity contribution in [2.45, 2.75) is 25.4 Å². The molecule has 4 heteroatoms. The lowest BCUT2D eigenvalue weighted by atomic mass is 10.0. The van der Waals surface area contributed by atoms with Gasteiger partial charge in [0, 0.05) is 6.61 Å². The highest BCUT2D eigenvalue weighted by atomic mass is 16.4. The molecule has 4 nitrogen and oxygen atoms in total. The summed E-state index contributed by atoms with van der Waals surface area (Å²) in [6, 6.07) is 0. The van der Waals surface area contributed by atoms with Crippen molar-refractivity contribution in [2.75, 3.05) is 6.61 Å². The van der Waals surface area contributed by atoms with Gasteiger partial charge < -0.3 is 15.3 Å². The molecule has 0 saturated carbocycles. The fourth-order valence-corrected chi connectivity index (χ4v) is 0.530. The molecule has 0 rings (SSSR count). The quantitative estimate of drug-likeness (QED) is 0.506. The summed E-state index contributed by atoms with van der Waals surface area (Å²) in [6.45, 7) is 1.12. The van der Waals surface area contributed by atoms with Crippen LogP contribution in [-0.2, 0) is 4.79 Å². The van der Waals surface area contributed by atoms with Gasteiger partial charge in [0.1, 0.15) is 0 Å². The molecule has 0 amide bonds. The Hall–Kier alpha value is -0.610. The minimum Gasteiger partial charge on any atom is -0.479 e. The van der Waals surface area contributed by atoms with E-state index in [0.717, 1.165) is 0 Å². The van der Waals surface area contributed by atoms with E-state index in [2.05, 4.69) is 0 Å². The van der Waals surface area contributed by atoms with Gasteiger partial charge in [-0.3, -0.25) is 0 Å². The average molecular weight is 148 g/mol. The summed E-state index contributed by atoms with van der Waals surface area (Å²) in [5, 5.41) is 25.7. The van der Waals surface area contributed by atoms with Crippen LogP contribution in [0.2, 0.25) is 0 Å². The van der Waals surface area contributed by atoms with Gasteiger partial charge in [0.15, 0.2) is 5.60 Å². The van der Waals surface area contributed by atoms with Crippen molar-refractivity contribution in [3.63, 3.8) is 0 Å². The molecular weight excluding hydrogens is 136 g/mol. The molecular formula is C6H12O4. The molecule has 60 valence electrons. The van der Waals surface area contributed by atoms with Gasteiger partial charge >= 0.3 is 5.97 Å². The van der Waals surface area contributed by atoms with E-state index < -0.39 is 11.6 Å². The molecule has 0 spiro atoms. The van der Waals surface area contributed by atoms with E-state index in [0.29, 0.717) is 6.42 Å². The van der Waals surface area contributed by atoms with Crippen LogP contribution >= 0.6 is 0 Å². The monoisotopic (exact) mass is 148 g/mol. The first-order valence-electron chi connectivity index (χ1n) is 3.07. The van der Waals surface area contributed by atoms with E-state index in [1.54, 1.807) is 0 Å². The number of aliphatic hydroxyl groups is 2. The number of carboxylic acid groups (broad SMARTS) is 1. The van der Waals surface area contributed by atoms with E-state index in [1.165, 1.54) is 6.92 Å². The van der Waals surface area contributed by atoms with Crippen molar-refractivity contribution in [3.05, 3.63) is 0 Å². The van der Waals surface area contributed by atoms with Crippen LogP contribution in [0.15, 0.2) is 0 Å². The molecule has 0 aliphatic heterocycles. The summed E-state index contributed by atoms with van der Waals surface area (Å²) in [7, 11) is 0. The largest absolute Gasteiger partial charge is 0.479 e. The van der Waals surface area contributed by atoms with Crippen molar-refractivity contribution < 1.29 is 20.1 Å². The fraction of sp³-hybridized carbons (Fsp3) is 0.833. The standard InChI is InChI=1S/C6H12O4/c1-6(10,5(8)9)3-2-4-7/h7,10H,2-4H2,1H3,(H,8,9). The van der Waals surface area contributed by atoms with Crippen molar-refractivity contribution in [1.29, 1.82) is 0 Å². The second-order valence-corrected chi connectivity index (χ2v) is 2.41. The number of aliphatic hydroxyl groups excluding tert-OH is 1. The molecule has 0 aromatic rings. The summed E-state index contributed by atoms with van der Waals surface area (Å²) >= 11 is 0. The number of carboxylic acids is 1. The Kier molecular flexibility index (Phi) is 3.32. The lowest BCUT2D eigenvalue weighted by Crippen LogP contribution is -2.34. The third-order valence-electron chi connectivity index (χ3n) is 1.28. The number of hydrogen-bond acceptors (Lipinski definition) is 3. The normalized spacial score (nSPS) is 16.3. The molecule has 1 unspecified atom stereocenters. The van der Waals surface area contributed by atoms with E-state index in [-0.39, 0.29) is 13.0 Å². The molecule has 0 aliphatic rings. The van der Waals surface area contributed by atoms with Gasteiger partial charge in [-0.25, -0.2) is 4.79 Å². The lowest BCUT2D eigenvalue weighted by molar-refractivity contribution is -0.157. The van der Waals surface area contributed by atoms with E-state index in [1.807, 2.05) is 0 Å². The van der Waals surface area contributed by atoms with Crippen molar-refractivity contribution in [1.82, 2.24) is 0 Å². The maximum Gasteiger partial charge on any atom is 0.335 e. The first-order valence-corrected chi connectivity index (χ1v) is 3.07. The Morgan fingerprint density at radius 2 is 2.10 bits per heavy atom. The van der Waals surface area contributed by atoms with Gasteiger partial charge in [-0.1, -0.05) is 0 Å². The van der Waals surface area contributed by atoms with Gasteiger partial charge in [-0.15, -0.1) is 0 Å².